The van der Waals surface area contributed by atoms with Gasteiger partial charge in [0.15, 0.2) is 0 Å². The summed E-state index contributed by atoms with van der Waals surface area (Å²) in [6.45, 7) is 2.65. The SMILES string of the molecule is O=C(CN1CCOC1=O)N[C@@H]1CN2CCCC[C@@]2(C(=O)NCc2ccn[nH]2)C1. The average Bonchev–Trinajstić information content (AvgIpc) is 3.40. The monoisotopic (exact) mass is 390 g/mol. The molecule has 28 heavy (non-hydrogen) atoms. The summed E-state index contributed by atoms with van der Waals surface area (Å²) in [6.07, 6.45) is 4.62. The van der Waals surface area contributed by atoms with Crippen LogP contribution in [-0.2, 0) is 20.9 Å². The zero-order valence-electron chi connectivity index (χ0n) is 15.8. The lowest BCUT2D eigenvalue weighted by Gasteiger charge is -2.40. The molecule has 3 N–H and O–H groups in total. The van der Waals surface area contributed by atoms with Crippen molar-refractivity contribution in [3.63, 3.8) is 0 Å². The van der Waals surface area contributed by atoms with Gasteiger partial charge in [0.25, 0.3) is 0 Å². The Kier molecular flexibility index (Phi) is 5.21. The molecule has 3 aliphatic rings. The predicted octanol–water partition coefficient (Wildman–Crippen LogP) is -0.409. The zero-order chi connectivity index (χ0) is 19.6. The Morgan fingerprint density at radius 2 is 2.25 bits per heavy atom. The maximum absolute atomic E-state index is 13.1. The third-order valence-electron chi connectivity index (χ3n) is 5.86. The number of nitrogens with zero attached hydrogens (tertiary/aromatic N) is 3. The Hall–Kier alpha value is -2.62. The molecule has 1 aromatic rings. The van der Waals surface area contributed by atoms with E-state index in [1.54, 1.807) is 6.20 Å². The van der Waals surface area contributed by atoms with Crippen LogP contribution in [0.3, 0.4) is 0 Å². The van der Waals surface area contributed by atoms with Crippen LogP contribution in [-0.4, -0.2) is 82.3 Å². The molecule has 0 aromatic carbocycles. The maximum atomic E-state index is 13.1. The van der Waals surface area contributed by atoms with Gasteiger partial charge in [0, 0.05) is 18.8 Å². The standard InChI is InChI=1S/C18H26N6O4/c25-15(12-23-7-8-28-17(23)27)21-14-9-18(4-1-2-6-24(18)11-14)16(26)19-10-13-3-5-20-22-13/h3,5,14H,1-2,4,6-12H2,(H,19,26)(H,20,22)(H,21,25)/t14-,18-/m0/s1. The first-order valence-corrected chi connectivity index (χ1v) is 9.79. The Balaban J connectivity index is 1.37. The Morgan fingerprint density at radius 3 is 3.00 bits per heavy atom. The summed E-state index contributed by atoms with van der Waals surface area (Å²) < 4.78 is 4.86. The van der Waals surface area contributed by atoms with Crippen LogP contribution in [0.2, 0.25) is 0 Å². The van der Waals surface area contributed by atoms with Gasteiger partial charge in [-0.25, -0.2) is 4.79 Å². The number of cyclic esters (lactones) is 1. The van der Waals surface area contributed by atoms with Crippen LogP contribution in [0.15, 0.2) is 12.3 Å². The highest BCUT2D eigenvalue weighted by Crippen LogP contribution is 2.38. The lowest BCUT2D eigenvalue weighted by molar-refractivity contribution is -0.134. The zero-order valence-corrected chi connectivity index (χ0v) is 15.8. The van der Waals surface area contributed by atoms with Gasteiger partial charge in [-0.15, -0.1) is 0 Å². The van der Waals surface area contributed by atoms with Gasteiger partial charge in [0.2, 0.25) is 11.8 Å². The summed E-state index contributed by atoms with van der Waals surface area (Å²) in [5.41, 5.74) is 0.274. The quantitative estimate of drug-likeness (QED) is 0.608. The van der Waals surface area contributed by atoms with Crippen molar-refractivity contribution in [3.05, 3.63) is 18.0 Å². The molecule has 4 rings (SSSR count). The van der Waals surface area contributed by atoms with E-state index in [0.717, 1.165) is 31.5 Å². The highest BCUT2D eigenvalue weighted by atomic mass is 16.6. The van der Waals surface area contributed by atoms with Crippen LogP contribution in [0.25, 0.3) is 0 Å². The summed E-state index contributed by atoms with van der Waals surface area (Å²) in [7, 11) is 0. The second-order valence-electron chi connectivity index (χ2n) is 7.70. The molecule has 4 heterocycles. The van der Waals surface area contributed by atoms with Gasteiger partial charge >= 0.3 is 6.09 Å². The van der Waals surface area contributed by atoms with Gasteiger partial charge in [-0.05, 0) is 38.3 Å². The van der Waals surface area contributed by atoms with Crippen LogP contribution in [0.4, 0.5) is 4.79 Å². The number of amides is 3. The molecule has 0 spiro atoms. The molecule has 152 valence electrons. The van der Waals surface area contributed by atoms with Crippen molar-refractivity contribution in [2.45, 2.75) is 43.8 Å². The van der Waals surface area contributed by atoms with Gasteiger partial charge in [0.05, 0.1) is 18.8 Å². The number of rotatable bonds is 6. The Labute approximate surface area is 163 Å². The van der Waals surface area contributed by atoms with Gasteiger partial charge in [0.1, 0.15) is 18.7 Å². The van der Waals surface area contributed by atoms with Gasteiger partial charge in [-0.3, -0.25) is 24.5 Å². The number of aromatic amines is 1. The molecule has 0 unspecified atom stereocenters. The number of carbonyl (C=O) groups is 3. The minimum atomic E-state index is -0.581. The van der Waals surface area contributed by atoms with E-state index in [9.17, 15) is 14.4 Å². The van der Waals surface area contributed by atoms with Gasteiger partial charge in [-0.2, -0.15) is 5.10 Å². The molecule has 2 atom stereocenters. The van der Waals surface area contributed by atoms with Crippen LogP contribution in [0, 0.1) is 0 Å². The summed E-state index contributed by atoms with van der Waals surface area (Å²) in [5.74, 6) is -0.210. The van der Waals surface area contributed by atoms with Crippen molar-refractivity contribution < 1.29 is 19.1 Å². The van der Waals surface area contributed by atoms with Gasteiger partial charge < -0.3 is 15.4 Å². The van der Waals surface area contributed by atoms with Crippen LogP contribution < -0.4 is 10.6 Å². The van der Waals surface area contributed by atoms with Crippen molar-refractivity contribution >= 4 is 17.9 Å². The first-order valence-electron chi connectivity index (χ1n) is 9.79. The third-order valence-corrected chi connectivity index (χ3v) is 5.86. The van der Waals surface area contributed by atoms with Crippen LogP contribution in [0.5, 0.6) is 0 Å². The van der Waals surface area contributed by atoms with E-state index in [1.165, 1.54) is 4.90 Å². The molecule has 3 fully saturated rings. The summed E-state index contributed by atoms with van der Waals surface area (Å²) in [5, 5.41) is 12.8. The number of carbonyl (C=O) groups excluding carboxylic acids is 3. The fraction of sp³-hybridized carbons (Fsp3) is 0.667. The fourth-order valence-corrected chi connectivity index (χ4v) is 4.51. The highest BCUT2D eigenvalue weighted by Gasteiger charge is 2.52. The van der Waals surface area contributed by atoms with Gasteiger partial charge in [-0.1, -0.05) is 0 Å². The van der Waals surface area contributed by atoms with Crippen molar-refractivity contribution in [2.75, 3.05) is 32.8 Å². The van der Waals surface area contributed by atoms with Crippen LogP contribution >= 0.6 is 0 Å². The average molecular weight is 390 g/mol. The lowest BCUT2D eigenvalue weighted by atomic mass is 9.84. The normalized spacial score (nSPS) is 27.4. The van der Waals surface area contributed by atoms with Crippen LogP contribution in [0.1, 0.15) is 31.4 Å². The number of piperidine rings is 1. The van der Waals surface area contributed by atoms with E-state index in [2.05, 4.69) is 25.7 Å². The smallest absolute Gasteiger partial charge is 0.410 e. The van der Waals surface area contributed by atoms with E-state index < -0.39 is 11.6 Å². The summed E-state index contributed by atoms with van der Waals surface area (Å²) >= 11 is 0. The first kappa shape index (κ1) is 18.7. The number of nitrogens with one attached hydrogen (secondary N) is 3. The topological polar surface area (TPSA) is 120 Å². The molecule has 3 amide bonds. The molecular formula is C18H26N6O4. The minimum absolute atomic E-state index is 0.00155. The fourth-order valence-electron chi connectivity index (χ4n) is 4.51. The number of ether oxygens (including phenoxy) is 1. The number of fused-ring (bicyclic) bond motifs is 1. The van der Waals surface area contributed by atoms with E-state index >= 15 is 0 Å². The van der Waals surface area contributed by atoms with E-state index in [1.807, 2.05) is 6.07 Å². The second-order valence-corrected chi connectivity index (χ2v) is 7.70. The third kappa shape index (κ3) is 3.68. The van der Waals surface area contributed by atoms with Crippen molar-refractivity contribution in [1.82, 2.24) is 30.6 Å². The molecular weight excluding hydrogens is 364 g/mol. The van der Waals surface area contributed by atoms with Crippen molar-refractivity contribution in [1.29, 1.82) is 0 Å². The molecule has 0 saturated carbocycles. The van der Waals surface area contributed by atoms with E-state index in [0.29, 0.717) is 32.7 Å². The number of hydrogen-bond donors (Lipinski definition) is 3. The number of hydrogen-bond acceptors (Lipinski definition) is 6. The molecule has 0 radical (unpaired) electrons. The number of aromatic nitrogens is 2. The molecule has 10 heteroatoms. The molecule has 10 nitrogen and oxygen atoms in total. The molecule has 3 saturated heterocycles. The minimum Gasteiger partial charge on any atom is -0.448 e. The highest BCUT2D eigenvalue weighted by molar-refractivity contribution is 5.87. The second kappa shape index (κ2) is 7.78. The van der Waals surface area contributed by atoms with E-state index in [-0.39, 0.29) is 24.4 Å². The largest absolute Gasteiger partial charge is 0.448 e. The Morgan fingerprint density at radius 1 is 1.36 bits per heavy atom. The number of H-pyrrole nitrogens is 1. The first-order chi connectivity index (χ1) is 13.6. The molecule has 3 aliphatic heterocycles. The molecule has 0 aliphatic carbocycles. The summed E-state index contributed by atoms with van der Waals surface area (Å²) in [4.78, 5) is 40.6. The molecule has 1 aromatic heterocycles. The molecule has 0 bridgehead atoms. The predicted molar refractivity (Wildman–Crippen MR) is 98.1 cm³/mol. The summed E-state index contributed by atoms with van der Waals surface area (Å²) in [6, 6.07) is 1.72. The lowest BCUT2D eigenvalue weighted by Crippen LogP contribution is -2.57. The Bertz CT molecular complexity index is 738. The van der Waals surface area contributed by atoms with Crippen molar-refractivity contribution in [2.24, 2.45) is 0 Å². The maximum Gasteiger partial charge on any atom is 0.410 e. The van der Waals surface area contributed by atoms with Crippen molar-refractivity contribution in [3.8, 4) is 0 Å². The van der Waals surface area contributed by atoms with E-state index in [4.69, 9.17) is 4.74 Å².